The summed E-state index contributed by atoms with van der Waals surface area (Å²) in [7, 11) is 0. The molecule has 0 bridgehead atoms. The van der Waals surface area contributed by atoms with Gasteiger partial charge in [0.2, 0.25) is 11.8 Å². The molecule has 2 saturated heterocycles. The van der Waals surface area contributed by atoms with Crippen molar-refractivity contribution in [3.63, 3.8) is 0 Å². The second-order valence-electron chi connectivity index (χ2n) is 5.97. The number of amides is 1. The Labute approximate surface area is 127 Å². The third-order valence-corrected chi connectivity index (χ3v) is 4.33. The van der Waals surface area contributed by atoms with Crippen LogP contribution >= 0.6 is 0 Å². The van der Waals surface area contributed by atoms with Crippen molar-refractivity contribution in [2.24, 2.45) is 5.92 Å². The molecule has 1 aromatic heterocycles. The second kappa shape index (κ2) is 5.91. The number of likely N-dealkylation sites (tertiary alicyclic amines) is 1. The lowest BCUT2D eigenvalue weighted by molar-refractivity contribution is -0.139. The molecule has 0 unspecified atom stereocenters. The number of nitrogens with zero attached hydrogens (tertiary/aromatic N) is 3. The van der Waals surface area contributed by atoms with Gasteiger partial charge in [-0.3, -0.25) is 4.79 Å². The van der Waals surface area contributed by atoms with E-state index in [1.807, 2.05) is 6.92 Å². The number of carbonyl (C=O) groups excluding carboxylic acids is 1. The molecule has 0 aliphatic carbocycles. The number of hydrogen-bond acceptors (Lipinski definition) is 5. The molecule has 0 radical (unpaired) electrons. The van der Waals surface area contributed by atoms with Gasteiger partial charge in [-0.25, -0.2) is 8.78 Å². The van der Waals surface area contributed by atoms with Crippen molar-refractivity contribution in [1.82, 2.24) is 20.4 Å². The maximum atomic E-state index is 13.9. The van der Waals surface area contributed by atoms with E-state index in [2.05, 4.69) is 15.5 Å². The summed E-state index contributed by atoms with van der Waals surface area (Å²) in [5.74, 6) is -2.74. The topological polar surface area (TPSA) is 71.3 Å². The van der Waals surface area contributed by atoms with Crippen LogP contribution in [0, 0.1) is 5.92 Å². The van der Waals surface area contributed by atoms with Crippen molar-refractivity contribution >= 4 is 5.91 Å². The summed E-state index contributed by atoms with van der Waals surface area (Å²) < 4.78 is 32.8. The Hall–Kier alpha value is -1.57. The first kappa shape index (κ1) is 15.3. The van der Waals surface area contributed by atoms with Gasteiger partial charge in [-0.05, 0) is 25.9 Å². The first-order valence-corrected chi connectivity index (χ1v) is 7.71. The van der Waals surface area contributed by atoms with Gasteiger partial charge in [0.25, 0.3) is 5.92 Å². The maximum absolute atomic E-state index is 13.9. The Kier molecular flexibility index (Phi) is 4.12. The highest BCUT2D eigenvalue weighted by Crippen LogP contribution is 2.41. The molecule has 0 spiro atoms. The third kappa shape index (κ3) is 2.97. The molecular formula is C14H20F2N4O2. The Morgan fingerprint density at radius 1 is 1.45 bits per heavy atom. The van der Waals surface area contributed by atoms with E-state index in [1.54, 1.807) is 0 Å². The van der Waals surface area contributed by atoms with Gasteiger partial charge in [-0.15, -0.1) is 0 Å². The summed E-state index contributed by atoms with van der Waals surface area (Å²) in [6.45, 7) is 2.78. The van der Waals surface area contributed by atoms with Crippen molar-refractivity contribution in [2.45, 2.75) is 44.6 Å². The number of halogens is 2. The molecule has 2 aliphatic rings. The fraction of sp³-hybridized carbons (Fsp3) is 0.786. The number of piperidine rings is 1. The summed E-state index contributed by atoms with van der Waals surface area (Å²) in [5, 5.41) is 6.92. The van der Waals surface area contributed by atoms with E-state index in [0.717, 1.165) is 13.1 Å². The fourth-order valence-corrected chi connectivity index (χ4v) is 3.12. The van der Waals surface area contributed by atoms with Crippen molar-refractivity contribution < 1.29 is 18.1 Å². The summed E-state index contributed by atoms with van der Waals surface area (Å²) in [6.07, 6.45) is 1.47. The Morgan fingerprint density at radius 2 is 2.18 bits per heavy atom. The monoisotopic (exact) mass is 314 g/mol. The second-order valence-corrected chi connectivity index (χ2v) is 5.97. The molecule has 3 rings (SSSR count). The Morgan fingerprint density at radius 3 is 2.82 bits per heavy atom. The van der Waals surface area contributed by atoms with Gasteiger partial charge in [0.15, 0.2) is 5.82 Å². The molecular weight excluding hydrogens is 294 g/mol. The van der Waals surface area contributed by atoms with E-state index in [9.17, 15) is 13.6 Å². The summed E-state index contributed by atoms with van der Waals surface area (Å²) in [4.78, 5) is 18.0. The summed E-state index contributed by atoms with van der Waals surface area (Å²) in [6, 6.07) is -0.815. The smallest absolute Gasteiger partial charge is 0.267 e. The molecule has 2 fully saturated rings. The van der Waals surface area contributed by atoms with Crippen LogP contribution in [0.15, 0.2) is 4.52 Å². The molecule has 1 atom stereocenters. The largest absolute Gasteiger partial charge is 0.337 e. The number of aryl methyl sites for hydroxylation is 1. The molecule has 6 nitrogen and oxygen atoms in total. The van der Waals surface area contributed by atoms with E-state index in [0.29, 0.717) is 25.1 Å². The minimum Gasteiger partial charge on any atom is -0.337 e. The lowest BCUT2D eigenvalue weighted by Crippen LogP contribution is -2.41. The van der Waals surface area contributed by atoms with Gasteiger partial charge in [-0.1, -0.05) is 12.1 Å². The van der Waals surface area contributed by atoms with Crippen LogP contribution in [-0.4, -0.2) is 46.5 Å². The zero-order valence-corrected chi connectivity index (χ0v) is 12.5. The first-order valence-electron chi connectivity index (χ1n) is 7.71. The van der Waals surface area contributed by atoms with Crippen molar-refractivity contribution in [2.75, 3.05) is 19.6 Å². The number of carbonyl (C=O) groups is 1. The number of alkyl halides is 2. The summed E-state index contributed by atoms with van der Waals surface area (Å²) >= 11 is 0. The first-order chi connectivity index (χ1) is 10.5. The highest BCUT2D eigenvalue weighted by Gasteiger charge is 2.50. The van der Waals surface area contributed by atoms with E-state index in [4.69, 9.17) is 4.52 Å². The van der Waals surface area contributed by atoms with Crippen LogP contribution in [0.4, 0.5) is 8.78 Å². The lowest BCUT2D eigenvalue weighted by atomic mass is 9.96. The van der Waals surface area contributed by atoms with Crippen LogP contribution < -0.4 is 5.32 Å². The van der Waals surface area contributed by atoms with Crippen molar-refractivity contribution in [1.29, 1.82) is 0 Å². The zero-order chi connectivity index (χ0) is 15.7. The van der Waals surface area contributed by atoms with E-state index < -0.39 is 24.9 Å². The van der Waals surface area contributed by atoms with E-state index in [-0.39, 0.29) is 17.7 Å². The molecule has 122 valence electrons. The molecule has 0 saturated carbocycles. The SMILES string of the molecule is CCc1noc([C@@H]2CC(F)(F)CN2C(=O)C2CCNCC2)n1. The lowest BCUT2D eigenvalue weighted by Gasteiger charge is -2.29. The predicted molar refractivity (Wildman–Crippen MR) is 73.3 cm³/mol. The molecule has 3 heterocycles. The van der Waals surface area contributed by atoms with Crippen LogP contribution in [0.25, 0.3) is 0 Å². The Bertz CT molecular complexity index is 543. The van der Waals surface area contributed by atoms with Crippen molar-refractivity contribution in [3.05, 3.63) is 11.7 Å². The average molecular weight is 314 g/mol. The van der Waals surface area contributed by atoms with Gasteiger partial charge in [-0.2, -0.15) is 4.98 Å². The van der Waals surface area contributed by atoms with Crippen molar-refractivity contribution in [3.8, 4) is 0 Å². The Balaban J connectivity index is 1.81. The fourth-order valence-electron chi connectivity index (χ4n) is 3.12. The average Bonchev–Trinajstić information content (AvgIpc) is 3.11. The predicted octanol–water partition coefficient (Wildman–Crippen LogP) is 1.54. The summed E-state index contributed by atoms with van der Waals surface area (Å²) in [5.41, 5.74) is 0. The number of aromatic nitrogens is 2. The van der Waals surface area contributed by atoms with Gasteiger partial charge < -0.3 is 14.7 Å². The molecule has 2 aliphatic heterocycles. The third-order valence-electron chi connectivity index (χ3n) is 4.33. The molecule has 1 aromatic rings. The maximum Gasteiger partial charge on any atom is 0.267 e. The van der Waals surface area contributed by atoms with Gasteiger partial charge >= 0.3 is 0 Å². The van der Waals surface area contributed by atoms with E-state index in [1.165, 1.54) is 4.90 Å². The van der Waals surface area contributed by atoms with Crippen LogP contribution in [0.3, 0.4) is 0 Å². The van der Waals surface area contributed by atoms with Crippen LogP contribution in [0.2, 0.25) is 0 Å². The van der Waals surface area contributed by atoms with Gasteiger partial charge in [0.1, 0.15) is 6.04 Å². The minimum absolute atomic E-state index is 0.122. The molecule has 1 N–H and O–H groups in total. The quantitative estimate of drug-likeness (QED) is 0.916. The van der Waals surface area contributed by atoms with Crippen LogP contribution in [0.5, 0.6) is 0 Å². The normalized spacial score (nSPS) is 25.6. The minimum atomic E-state index is -2.91. The molecule has 22 heavy (non-hydrogen) atoms. The zero-order valence-electron chi connectivity index (χ0n) is 12.5. The number of nitrogens with one attached hydrogen (secondary N) is 1. The standard InChI is InChI=1S/C14H20F2N4O2/c1-2-11-18-12(22-19-11)10-7-14(15,16)8-20(10)13(21)9-3-5-17-6-4-9/h9-10,17H,2-8H2,1H3/t10-/m0/s1. The van der Waals surface area contributed by atoms with Gasteiger partial charge in [0.05, 0.1) is 6.54 Å². The van der Waals surface area contributed by atoms with Crippen LogP contribution in [0.1, 0.15) is 43.9 Å². The highest BCUT2D eigenvalue weighted by atomic mass is 19.3. The molecule has 0 aromatic carbocycles. The van der Waals surface area contributed by atoms with E-state index >= 15 is 0 Å². The number of hydrogen-bond donors (Lipinski definition) is 1. The highest BCUT2D eigenvalue weighted by molar-refractivity contribution is 5.79. The number of rotatable bonds is 3. The van der Waals surface area contributed by atoms with Gasteiger partial charge in [0, 0.05) is 18.8 Å². The molecule has 1 amide bonds. The molecule has 8 heteroatoms. The van der Waals surface area contributed by atoms with Crippen LogP contribution in [-0.2, 0) is 11.2 Å².